The number of carbonyl (C=O) groups is 2. The van der Waals surface area contributed by atoms with Crippen LogP contribution >= 0.6 is 0 Å². The molecule has 110 valence electrons. The molecule has 1 amide bonds. The summed E-state index contributed by atoms with van der Waals surface area (Å²) in [5, 5.41) is 8.76. The number of aliphatic carboxylic acids is 1. The standard InChI is InChI=1S/C11H17F3N2O3/c1-2-4-15(6-9(17)18)8-3-5-16(10(8)19)7-11(12,13)14/h8H,2-7H2,1H3,(H,17,18). The van der Waals surface area contributed by atoms with Gasteiger partial charge in [0.05, 0.1) is 12.6 Å². The molecule has 1 aliphatic heterocycles. The molecule has 1 rings (SSSR count). The minimum atomic E-state index is -4.42. The average molecular weight is 282 g/mol. The second-order valence-electron chi connectivity index (χ2n) is 4.54. The predicted octanol–water partition coefficient (Wildman–Crippen LogP) is 0.946. The molecule has 0 radical (unpaired) electrons. The highest BCUT2D eigenvalue weighted by molar-refractivity contribution is 5.84. The molecule has 1 N–H and O–H groups in total. The van der Waals surface area contributed by atoms with Gasteiger partial charge in [-0.25, -0.2) is 0 Å². The third-order valence-electron chi connectivity index (χ3n) is 2.93. The quantitative estimate of drug-likeness (QED) is 0.788. The van der Waals surface area contributed by atoms with Crippen molar-refractivity contribution in [3.63, 3.8) is 0 Å². The summed E-state index contributed by atoms with van der Waals surface area (Å²) in [5.41, 5.74) is 0. The third-order valence-corrected chi connectivity index (χ3v) is 2.93. The van der Waals surface area contributed by atoms with E-state index in [9.17, 15) is 22.8 Å². The fourth-order valence-corrected chi connectivity index (χ4v) is 2.24. The molecular formula is C11H17F3N2O3. The number of carboxylic acids is 1. The van der Waals surface area contributed by atoms with Crippen molar-refractivity contribution in [2.75, 3.05) is 26.2 Å². The number of alkyl halides is 3. The summed E-state index contributed by atoms with van der Waals surface area (Å²) in [6, 6.07) is -0.751. The van der Waals surface area contributed by atoms with Crippen molar-refractivity contribution in [2.24, 2.45) is 0 Å². The van der Waals surface area contributed by atoms with Crippen molar-refractivity contribution >= 4 is 11.9 Å². The van der Waals surface area contributed by atoms with E-state index < -0.39 is 30.6 Å². The number of carboxylic acid groups (broad SMARTS) is 1. The molecule has 1 saturated heterocycles. The van der Waals surface area contributed by atoms with E-state index >= 15 is 0 Å². The smallest absolute Gasteiger partial charge is 0.406 e. The van der Waals surface area contributed by atoms with Gasteiger partial charge in [0.25, 0.3) is 0 Å². The van der Waals surface area contributed by atoms with E-state index in [4.69, 9.17) is 5.11 Å². The number of carbonyl (C=O) groups excluding carboxylic acids is 1. The van der Waals surface area contributed by atoms with Crippen LogP contribution in [0.2, 0.25) is 0 Å². The van der Waals surface area contributed by atoms with Crippen molar-refractivity contribution in [3.8, 4) is 0 Å². The minimum Gasteiger partial charge on any atom is -0.480 e. The number of nitrogens with zero attached hydrogens (tertiary/aromatic N) is 2. The molecule has 19 heavy (non-hydrogen) atoms. The highest BCUT2D eigenvalue weighted by Gasteiger charge is 2.41. The summed E-state index contributed by atoms with van der Waals surface area (Å²) < 4.78 is 36.8. The van der Waals surface area contributed by atoms with E-state index in [2.05, 4.69) is 0 Å². The molecule has 1 aliphatic rings. The van der Waals surface area contributed by atoms with Crippen molar-refractivity contribution < 1.29 is 27.9 Å². The van der Waals surface area contributed by atoms with Gasteiger partial charge in [-0.1, -0.05) is 6.92 Å². The molecule has 0 bridgehead atoms. The Labute approximate surface area is 109 Å². The van der Waals surface area contributed by atoms with E-state index in [-0.39, 0.29) is 19.5 Å². The van der Waals surface area contributed by atoms with Crippen LogP contribution in [0.15, 0.2) is 0 Å². The van der Waals surface area contributed by atoms with Gasteiger partial charge in [0.15, 0.2) is 0 Å². The summed E-state index contributed by atoms with van der Waals surface area (Å²) in [6.07, 6.45) is -3.55. The monoisotopic (exact) mass is 282 g/mol. The Bertz CT molecular complexity index is 347. The van der Waals surface area contributed by atoms with E-state index in [1.807, 2.05) is 6.92 Å². The maximum absolute atomic E-state index is 12.3. The third kappa shape index (κ3) is 4.70. The zero-order valence-electron chi connectivity index (χ0n) is 10.6. The lowest BCUT2D eigenvalue weighted by Crippen LogP contribution is -2.46. The molecule has 1 unspecified atom stereocenters. The Morgan fingerprint density at radius 2 is 2.16 bits per heavy atom. The van der Waals surface area contributed by atoms with Crippen LogP contribution in [0.3, 0.4) is 0 Å². The summed E-state index contributed by atoms with van der Waals surface area (Å²) in [7, 11) is 0. The fourth-order valence-electron chi connectivity index (χ4n) is 2.24. The fraction of sp³-hybridized carbons (Fsp3) is 0.818. The Balaban J connectivity index is 2.68. The van der Waals surface area contributed by atoms with E-state index in [1.165, 1.54) is 4.90 Å². The van der Waals surface area contributed by atoms with E-state index in [0.717, 1.165) is 4.90 Å². The first-order valence-electron chi connectivity index (χ1n) is 6.06. The van der Waals surface area contributed by atoms with Crippen LogP contribution in [0.25, 0.3) is 0 Å². The molecule has 0 aromatic carbocycles. The van der Waals surface area contributed by atoms with Gasteiger partial charge < -0.3 is 10.0 Å². The maximum atomic E-state index is 12.3. The first kappa shape index (κ1) is 15.7. The lowest BCUT2D eigenvalue weighted by molar-refractivity contribution is -0.159. The average Bonchev–Trinajstić information content (AvgIpc) is 2.57. The summed E-state index contributed by atoms with van der Waals surface area (Å²) in [6.45, 7) is 0.618. The molecule has 1 heterocycles. The lowest BCUT2D eigenvalue weighted by atomic mass is 10.2. The molecule has 0 aromatic heterocycles. The first-order valence-corrected chi connectivity index (χ1v) is 6.06. The number of hydrogen-bond acceptors (Lipinski definition) is 3. The van der Waals surface area contributed by atoms with Crippen molar-refractivity contribution in [3.05, 3.63) is 0 Å². The van der Waals surface area contributed by atoms with Gasteiger partial charge in [-0.15, -0.1) is 0 Å². The summed E-state index contributed by atoms with van der Waals surface area (Å²) >= 11 is 0. The molecule has 0 spiro atoms. The van der Waals surface area contributed by atoms with E-state index in [1.54, 1.807) is 0 Å². The largest absolute Gasteiger partial charge is 0.480 e. The van der Waals surface area contributed by atoms with Crippen LogP contribution in [0.5, 0.6) is 0 Å². The first-order chi connectivity index (χ1) is 8.74. The van der Waals surface area contributed by atoms with Gasteiger partial charge in [-0.3, -0.25) is 14.5 Å². The Kier molecular flexibility index (Phi) is 5.16. The van der Waals surface area contributed by atoms with Crippen LogP contribution in [0.4, 0.5) is 13.2 Å². The zero-order chi connectivity index (χ0) is 14.6. The van der Waals surface area contributed by atoms with Crippen LogP contribution < -0.4 is 0 Å². The number of amides is 1. The summed E-state index contributed by atoms with van der Waals surface area (Å²) in [5.74, 6) is -1.72. The zero-order valence-corrected chi connectivity index (χ0v) is 10.6. The Morgan fingerprint density at radius 3 is 2.63 bits per heavy atom. The van der Waals surface area contributed by atoms with Crippen LogP contribution in [-0.2, 0) is 9.59 Å². The summed E-state index contributed by atoms with van der Waals surface area (Å²) in [4.78, 5) is 24.8. The predicted molar refractivity (Wildman–Crippen MR) is 60.5 cm³/mol. The Hall–Kier alpha value is -1.31. The molecule has 1 atom stereocenters. The number of hydrogen-bond donors (Lipinski definition) is 1. The SMILES string of the molecule is CCCN(CC(=O)O)C1CCN(CC(F)(F)F)C1=O. The number of likely N-dealkylation sites (tertiary alicyclic amines) is 1. The van der Waals surface area contributed by atoms with E-state index in [0.29, 0.717) is 13.0 Å². The topological polar surface area (TPSA) is 60.9 Å². The van der Waals surface area contributed by atoms with Gasteiger partial charge in [0.1, 0.15) is 6.54 Å². The van der Waals surface area contributed by atoms with Gasteiger partial charge in [-0.05, 0) is 19.4 Å². The minimum absolute atomic E-state index is 0.0167. The van der Waals surface area contributed by atoms with Gasteiger partial charge in [-0.2, -0.15) is 13.2 Å². The lowest BCUT2D eigenvalue weighted by Gasteiger charge is -2.26. The van der Waals surface area contributed by atoms with Crippen LogP contribution in [0, 0.1) is 0 Å². The maximum Gasteiger partial charge on any atom is 0.406 e. The second-order valence-corrected chi connectivity index (χ2v) is 4.54. The Morgan fingerprint density at radius 1 is 1.53 bits per heavy atom. The van der Waals surface area contributed by atoms with Crippen molar-refractivity contribution in [1.82, 2.24) is 9.80 Å². The van der Waals surface area contributed by atoms with Crippen LogP contribution in [-0.4, -0.2) is 65.2 Å². The number of halogens is 3. The molecule has 0 saturated carbocycles. The van der Waals surface area contributed by atoms with Crippen molar-refractivity contribution in [1.29, 1.82) is 0 Å². The highest BCUT2D eigenvalue weighted by atomic mass is 19.4. The highest BCUT2D eigenvalue weighted by Crippen LogP contribution is 2.23. The van der Waals surface area contributed by atoms with Gasteiger partial charge >= 0.3 is 12.1 Å². The molecule has 0 aromatic rings. The molecular weight excluding hydrogens is 265 g/mol. The molecule has 8 heteroatoms. The van der Waals surface area contributed by atoms with Crippen LogP contribution in [0.1, 0.15) is 19.8 Å². The normalized spacial score (nSPS) is 20.4. The van der Waals surface area contributed by atoms with Crippen molar-refractivity contribution in [2.45, 2.75) is 32.0 Å². The number of rotatable bonds is 6. The molecule has 5 nitrogen and oxygen atoms in total. The van der Waals surface area contributed by atoms with Gasteiger partial charge in [0, 0.05) is 6.54 Å². The molecule has 1 fully saturated rings. The molecule has 0 aliphatic carbocycles. The van der Waals surface area contributed by atoms with Gasteiger partial charge in [0.2, 0.25) is 5.91 Å². The second kappa shape index (κ2) is 6.23.